The molecule has 8 nitrogen and oxygen atoms in total. The number of ether oxygens (including phenoxy) is 3. The highest BCUT2D eigenvalue weighted by Crippen LogP contribution is 2.39. The van der Waals surface area contributed by atoms with Gasteiger partial charge in [0.25, 0.3) is 5.91 Å². The summed E-state index contributed by atoms with van der Waals surface area (Å²) in [5.74, 6) is 0.0136. The van der Waals surface area contributed by atoms with E-state index in [0.717, 1.165) is 10.4 Å². The van der Waals surface area contributed by atoms with Gasteiger partial charge in [0, 0.05) is 23.4 Å². The monoisotopic (exact) mass is 482 g/mol. The van der Waals surface area contributed by atoms with Crippen LogP contribution in [0.3, 0.4) is 0 Å². The molecule has 0 aliphatic heterocycles. The van der Waals surface area contributed by atoms with Crippen LogP contribution in [0.1, 0.15) is 33.4 Å². The molecule has 3 rings (SSSR count). The molecule has 0 spiro atoms. The van der Waals surface area contributed by atoms with Crippen molar-refractivity contribution >= 4 is 34.8 Å². The first kappa shape index (κ1) is 24.8. The first-order valence-electron chi connectivity index (χ1n) is 10.6. The lowest BCUT2D eigenvalue weighted by atomic mass is 10.1. The molecular formula is C25H26N2O6S. The van der Waals surface area contributed by atoms with Crippen LogP contribution in [0, 0.1) is 0 Å². The van der Waals surface area contributed by atoms with E-state index in [2.05, 4.69) is 10.6 Å². The minimum atomic E-state index is -0.521. The molecule has 0 radical (unpaired) electrons. The number of esters is 1. The SMILES string of the molecule is CCOC(=O)c1sc(-c2ccc(OC)c(OC)c2)cc1NC(=O)CCNC(=O)c1ccccc1. The number of nitrogens with one attached hydrogen (secondary N) is 2. The van der Waals surface area contributed by atoms with Crippen LogP contribution in [0.15, 0.2) is 54.6 Å². The fourth-order valence-corrected chi connectivity index (χ4v) is 4.16. The van der Waals surface area contributed by atoms with Gasteiger partial charge in [-0.2, -0.15) is 0 Å². The second kappa shape index (κ2) is 11.9. The summed E-state index contributed by atoms with van der Waals surface area (Å²) in [6, 6.07) is 15.9. The average Bonchev–Trinajstić information content (AvgIpc) is 3.27. The standard InChI is InChI=1S/C25H26N2O6S/c1-4-33-25(30)23-18(15-21(34-23)17-10-11-19(31-2)20(14-17)32-3)27-22(28)12-13-26-24(29)16-8-6-5-7-9-16/h5-11,14-15H,4,12-13H2,1-3H3,(H,26,29)(H,27,28). The quantitative estimate of drug-likeness (QED) is 0.416. The Morgan fingerprint density at radius 3 is 2.35 bits per heavy atom. The number of carbonyl (C=O) groups excluding carboxylic acids is 3. The molecule has 2 aromatic carbocycles. The summed E-state index contributed by atoms with van der Waals surface area (Å²) >= 11 is 1.21. The highest BCUT2D eigenvalue weighted by molar-refractivity contribution is 7.18. The van der Waals surface area contributed by atoms with E-state index < -0.39 is 5.97 Å². The Hall–Kier alpha value is -3.85. The Morgan fingerprint density at radius 1 is 0.941 bits per heavy atom. The summed E-state index contributed by atoms with van der Waals surface area (Å²) in [6.07, 6.45) is 0.0440. The molecule has 0 aliphatic rings. The number of anilines is 1. The first-order chi connectivity index (χ1) is 16.5. The molecule has 2 N–H and O–H groups in total. The Kier molecular flexibility index (Phi) is 8.64. The van der Waals surface area contributed by atoms with Crippen molar-refractivity contribution in [3.63, 3.8) is 0 Å². The van der Waals surface area contributed by atoms with Gasteiger partial charge in [0.2, 0.25) is 5.91 Å². The van der Waals surface area contributed by atoms with Gasteiger partial charge in [-0.05, 0) is 48.9 Å². The Balaban J connectivity index is 1.73. The third-order valence-corrected chi connectivity index (χ3v) is 5.97. The van der Waals surface area contributed by atoms with Crippen molar-refractivity contribution in [2.75, 3.05) is 32.7 Å². The fourth-order valence-electron chi connectivity index (χ4n) is 3.16. The van der Waals surface area contributed by atoms with Crippen molar-refractivity contribution in [2.24, 2.45) is 0 Å². The number of hydrogen-bond donors (Lipinski definition) is 2. The molecule has 0 saturated carbocycles. The highest BCUT2D eigenvalue weighted by Gasteiger charge is 2.21. The van der Waals surface area contributed by atoms with Gasteiger partial charge < -0.3 is 24.8 Å². The molecule has 178 valence electrons. The minimum absolute atomic E-state index is 0.0440. The third kappa shape index (κ3) is 6.14. The van der Waals surface area contributed by atoms with E-state index in [0.29, 0.717) is 22.7 Å². The number of carbonyl (C=O) groups is 3. The molecular weight excluding hydrogens is 456 g/mol. The van der Waals surface area contributed by atoms with Crippen LogP contribution in [0.25, 0.3) is 10.4 Å². The predicted molar refractivity (Wildman–Crippen MR) is 131 cm³/mol. The van der Waals surface area contributed by atoms with Crippen molar-refractivity contribution in [3.05, 3.63) is 65.0 Å². The zero-order valence-corrected chi connectivity index (χ0v) is 20.0. The maximum absolute atomic E-state index is 12.5. The molecule has 0 saturated heterocycles. The number of hydrogen-bond acceptors (Lipinski definition) is 7. The summed E-state index contributed by atoms with van der Waals surface area (Å²) < 4.78 is 15.8. The van der Waals surface area contributed by atoms with Gasteiger partial charge in [-0.15, -0.1) is 11.3 Å². The van der Waals surface area contributed by atoms with Gasteiger partial charge in [0.05, 0.1) is 26.5 Å². The lowest BCUT2D eigenvalue weighted by molar-refractivity contribution is -0.116. The van der Waals surface area contributed by atoms with E-state index in [4.69, 9.17) is 14.2 Å². The van der Waals surface area contributed by atoms with E-state index in [1.165, 1.54) is 11.3 Å². The number of rotatable bonds is 10. The lowest BCUT2D eigenvalue weighted by Crippen LogP contribution is -2.27. The van der Waals surface area contributed by atoms with Crippen LogP contribution >= 0.6 is 11.3 Å². The number of benzene rings is 2. The predicted octanol–water partition coefficient (Wildman–Crippen LogP) is 4.37. The van der Waals surface area contributed by atoms with Crippen molar-refractivity contribution in [3.8, 4) is 21.9 Å². The normalized spacial score (nSPS) is 10.3. The van der Waals surface area contributed by atoms with E-state index >= 15 is 0 Å². The number of amides is 2. The summed E-state index contributed by atoms with van der Waals surface area (Å²) in [6.45, 7) is 2.08. The van der Waals surface area contributed by atoms with E-state index in [-0.39, 0.29) is 36.3 Å². The lowest BCUT2D eigenvalue weighted by Gasteiger charge is -2.08. The topological polar surface area (TPSA) is 103 Å². The van der Waals surface area contributed by atoms with Crippen LogP contribution in [-0.2, 0) is 9.53 Å². The number of thiophene rings is 1. The van der Waals surface area contributed by atoms with Gasteiger partial charge in [-0.1, -0.05) is 18.2 Å². The molecule has 1 aromatic heterocycles. The smallest absolute Gasteiger partial charge is 0.350 e. The summed E-state index contributed by atoms with van der Waals surface area (Å²) in [4.78, 5) is 38.2. The third-order valence-electron chi connectivity index (χ3n) is 4.81. The molecule has 0 bridgehead atoms. The first-order valence-corrected chi connectivity index (χ1v) is 11.4. The van der Waals surface area contributed by atoms with Gasteiger partial charge in [-0.25, -0.2) is 4.79 Å². The molecule has 9 heteroatoms. The second-order valence-corrected chi connectivity index (χ2v) is 8.12. The molecule has 2 amide bonds. The van der Waals surface area contributed by atoms with Gasteiger partial charge in [-0.3, -0.25) is 9.59 Å². The van der Waals surface area contributed by atoms with Gasteiger partial charge in [0.1, 0.15) is 4.88 Å². The van der Waals surface area contributed by atoms with E-state index in [1.54, 1.807) is 63.6 Å². The summed E-state index contributed by atoms with van der Waals surface area (Å²) in [5.41, 5.74) is 1.67. The van der Waals surface area contributed by atoms with Crippen LogP contribution in [0.5, 0.6) is 11.5 Å². The molecule has 1 heterocycles. The highest BCUT2D eigenvalue weighted by atomic mass is 32.1. The summed E-state index contributed by atoms with van der Waals surface area (Å²) in [5, 5.41) is 5.48. The molecule has 34 heavy (non-hydrogen) atoms. The molecule has 0 atom stereocenters. The number of methoxy groups -OCH3 is 2. The Morgan fingerprint density at radius 2 is 1.68 bits per heavy atom. The summed E-state index contributed by atoms with van der Waals surface area (Å²) in [7, 11) is 3.10. The Labute approximate surface area is 201 Å². The van der Waals surface area contributed by atoms with Gasteiger partial charge in [0.15, 0.2) is 11.5 Å². The fraction of sp³-hybridized carbons (Fsp3) is 0.240. The zero-order chi connectivity index (χ0) is 24.5. The molecule has 3 aromatic rings. The van der Waals surface area contributed by atoms with E-state index in [9.17, 15) is 14.4 Å². The van der Waals surface area contributed by atoms with Crippen LogP contribution in [0.4, 0.5) is 5.69 Å². The molecule has 0 unspecified atom stereocenters. The molecule has 0 fully saturated rings. The maximum Gasteiger partial charge on any atom is 0.350 e. The van der Waals surface area contributed by atoms with Crippen molar-refractivity contribution in [1.82, 2.24) is 5.32 Å². The van der Waals surface area contributed by atoms with E-state index in [1.807, 2.05) is 12.1 Å². The maximum atomic E-state index is 12.5. The van der Waals surface area contributed by atoms with Gasteiger partial charge >= 0.3 is 5.97 Å². The average molecular weight is 483 g/mol. The second-order valence-electron chi connectivity index (χ2n) is 7.06. The van der Waals surface area contributed by atoms with Crippen LogP contribution < -0.4 is 20.1 Å². The largest absolute Gasteiger partial charge is 0.493 e. The van der Waals surface area contributed by atoms with Crippen LogP contribution in [0.2, 0.25) is 0 Å². The zero-order valence-electron chi connectivity index (χ0n) is 19.2. The molecule has 0 aliphatic carbocycles. The van der Waals surface area contributed by atoms with Crippen molar-refractivity contribution in [2.45, 2.75) is 13.3 Å². The van der Waals surface area contributed by atoms with Crippen molar-refractivity contribution < 1.29 is 28.6 Å². The van der Waals surface area contributed by atoms with Crippen LogP contribution in [-0.4, -0.2) is 45.2 Å². The Bertz CT molecular complexity index is 1160. The van der Waals surface area contributed by atoms with Crippen molar-refractivity contribution in [1.29, 1.82) is 0 Å². The minimum Gasteiger partial charge on any atom is -0.493 e.